The van der Waals surface area contributed by atoms with Crippen LogP contribution < -0.4 is 5.43 Å². The van der Waals surface area contributed by atoms with E-state index in [0.29, 0.717) is 43.9 Å². The summed E-state index contributed by atoms with van der Waals surface area (Å²) in [6, 6.07) is 4.16. The van der Waals surface area contributed by atoms with Gasteiger partial charge >= 0.3 is 0 Å². The van der Waals surface area contributed by atoms with E-state index in [-0.39, 0.29) is 23.0 Å². The fourth-order valence-corrected chi connectivity index (χ4v) is 2.76. The second-order valence-corrected chi connectivity index (χ2v) is 5.72. The number of carbonyl (C=O) groups excluding carboxylic acids is 2. The van der Waals surface area contributed by atoms with E-state index in [0.717, 1.165) is 0 Å². The molecule has 7 nitrogen and oxygen atoms in total. The number of aryl methyl sites for hydroxylation is 1. The third-order valence-electron chi connectivity index (χ3n) is 3.94. The van der Waals surface area contributed by atoms with Gasteiger partial charge in [-0.1, -0.05) is 0 Å². The topological polar surface area (TPSA) is 84.0 Å². The molecule has 0 radical (unpaired) electrons. The van der Waals surface area contributed by atoms with Gasteiger partial charge in [0, 0.05) is 38.3 Å². The SMILES string of the molecule is Cc1cc(=O)cc(C(=O)N2CCCN(C(=O)c3ccoc3)CC2)o1. The van der Waals surface area contributed by atoms with Gasteiger partial charge in [0.05, 0.1) is 11.8 Å². The van der Waals surface area contributed by atoms with Gasteiger partial charge in [-0.15, -0.1) is 0 Å². The quantitative estimate of drug-likeness (QED) is 0.834. The van der Waals surface area contributed by atoms with Crippen molar-refractivity contribution in [2.75, 3.05) is 26.2 Å². The Morgan fingerprint density at radius 2 is 1.75 bits per heavy atom. The smallest absolute Gasteiger partial charge is 0.289 e. The minimum atomic E-state index is -0.326. The molecule has 0 bridgehead atoms. The number of furan rings is 1. The van der Waals surface area contributed by atoms with Gasteiger partial charge in [0.15, 0.2) is 11.2 Å². The summed E-state index contributed by atoms with van der Waals surface area (Å²) in [5.74, 6) is 0.000548. The molecule has 2 aromatic rings. The molecule has 24 heavy (non-hydrogen) atoms. The molecule has 0 spiro atoms. The predicted octanol–water partition coefficient (Wildman–Crippen LogP) is 1.53. The average molecular weight is 330 g/mol. The lowest BCUT2D eigenvalue weighted by Crippen LogP contribution is -2.37. The predicted molar refractivity (Wildman–Crippen MR) is 84.8 cm³/mol. The van der Waals surface area contributed by atoms with Crippen LogP contribution >= 0.6 is 0 Å². The van der Waals surface area contributed by atoms with Crippen molar-refractivity contribution in [1.82, 2.24) is 9.80 Å². The Hall–Kier alpha value is -2.83. The molecule has 1 fully saturated rings. The molecule has 1 aliphatic rings. The second kappa shape index (κ2) is 6.74. The third kappa shape index (κ3) is 3.40. The molecule has 0 unspecified atom stereocenters. The van der Waals surface area contributed by atoms with Crippen LogP contribution in [-0.2, 0) is 0 Å². The monoisotopic (exact) mass is 330 g/mol. The van der Waals surface area contributed by atoms with Crippen molar-refractivity contribution in [2.24, 2.45) is 0 Å². The Morgan fingerprint density at radius 3 is 2.38 bits per heavy atom. The van der Waals surface area contributed by atoms with Gasteiger partial charge in [0.1, 0.15) is 12.0 Å². The number of rotatable bonds is 2. The second-order valence-electron chi connectivity index (χ2n) is 5.72. The van der Waals surface area contributed by atoms with Crippen LogP contribution in [0.15, 0.2) is 44.4 Å². The standard InChI is InChI=1S/C17H18N2O5/c1-12-9-14(20)10-15(24-12)17(22)19-5-2-4-18(6-7-19)16(21)13-3-8-23-11-13/h3,8-11H,2,4-7H2,1H3. The first kappa shape index (κ1) is 16.0. The highest BCUT2D eigenvalue weighted by molar-refractivity contribution is 5.94. The lowest BCUT2D eigenvalue weighted by Gasteiger charge is -2.21. The van der Waals surface area contributed by atoms with Crippen LogP contribution in [0.25, 0.3) is 0 Å². The van der Waals surface area contributed by atoms with Crippen LogP contribution in [0, 0.1) is 6.92 Å². The molecule has 126 valence electrons. The Labute approximate surface area is 138 Å². The lowest BCUT2D eigenvalue weighted by molar-refractivity contribution is 0.0697. The summed E-state index contributed by atoms with van der Waals surface area (Å²) in [6.07, 6.45) is 3.53. The summed E-state index contributed by atoms with van der Waals surface area (Å²) in [5.41, 5.74) is 0.244. The zero-order valence-electron chi connectivity index (χ0n) is 13.4. The fourth-order valence-electron chi connectivity index (χ4n) is 2.76. The van der Waals surface area contributed by atoms with E-state index >= 15 is 0 Å². The Bertz CT molecular complexity index is 794. The molecule has 1 aliphatic heterocycles. The highest BCUT2D eigenvalue weighted by atomic mass is 16.3. The van der Waals surface area contributed by atoms with E-state index < -0.39 is 0 Å². The van der Waals surface area contributed by atoms with E-state index in [9.17, 15) is 14.4 Å². The first-order chi connectivity index (χ1) is 11.5. The number of amides is 2. The summed E-state index contributed by atoms with van der Waals surface area (Å²) in [6.45, 7) is 3.51. The van der Waals surface area contributed by atoms with Crippen LogP contribution in [0.2, 0.25) is 0 Å². The molecular formula is C17H18N2O5. The van der Waals surface area contributed by atoms with Crippen molar-refractivity contribution in [1.29, 1.82) is 0 Å². The number of carbonyl (C=O) groups is 2. The highest BCUT2D eigenvalue weighted by Gasteiger charge is 2.25. The van der Waals surface area contributed by atoms with Gasteiger partial charge in [0.25, 0.3) is 11.8 Å². The Kier molecular flexibility index (Phi) is 4.50. The van der Waals surface area contributed by atoms with E-state index in [2.05, 4.69) is 0 Å². The molecule has 2 aromatic heterocycles. The van der Waals surface area contributed by atoms with Crippen molar-refractivity contribution in [3.05, 3.63) is 58.0 Å². The van der Waals surface area contributed by atoms with E-state index in [1.807, 2.05) is 0 Å². The maximum Gasteiger partial charge on any atom is 0.289 e. The summed E-state index contributed by atoms with van der Waals surface area (Å²) in [4.78, 5) is 39.7. The zero-order valence-corrected chi connectivity index (χ0v) is 13.4. The number of hydrogen-bond acceptors (Lipinski definition) is 5. The molecule has 7 heteroatoms. The van der Waals surface area contributed by atoms with Crippen LogP contribution in [-0.4, -0.2) is 47.8 Å². The van der Waals surface area contributed by atoms with E-state index in [1.165, 1.54) is 24.7 Å². The summed E-state index contributed by atoms with van der Waals surface area (Å²) in [7, 11) is 0. The van der Waals surface area contributed by atoms with Crippen molar-refractivity contribution >= 4 is 11.8 Å². The number of hydrogen-bond donors (Lipinski definition) is 0. The van der Waals surface area contributed by atoms with Crippen molar-refractivity contribution < 1.29 is 18.4 Å². The van der Waals surface area contributed by atoms with Crippen LogP contribution in [0.1, 0.15) is 33.1 Å². The Morgan fingerprint density at radius 1 is 1.04 bits per heavy atom. The first-order valence-electron chi connectivity index (χ1n) is 7.77. The third-order valence-corrected chi connectivity index (χ3v) is 3.94. The van der Waals surface area contributed by atoms with Crippen LogP contribution in [0.5, 0.6) is 0 Å². The van der Waals surface area contributed by atoms with Gasteiger partial charge in [-0.2, -0.15) is 0 Å². The van der Waals surface area contributed by atoms with Crippen molar-refractivity contribution in [3.8, 4) is 0 Å². The van der Waals surface area contributed by atoms with Gasteiger partial charge in [-0.3, -0.25) is 14.4 Å². The number of nitrogens with zero attached hydrogens (tertiary/aromatic N) is 2. The van der Waals surface area contributed by atoms with Crippen LogP contribution in [0.4, 0.5) is 0 Å². The van der Waals surface area contributed by atoms with E-state index in [1.54, 1.807) is 22.8 Å². The maximum absolute atomic E-state index is 12.5. The molecule has 3 rings (SSSR count). The first-order valence-corrected chi connectivity index (χ1v) is 7.77. The maximum atomic E-state index is 12.5. The molecule has 0 saturated carbocycles. The van der Waals surface area contributed by atoms with Gasteiger partial charge in [-0.25, -0.2) is 0 Å². The molecule has 1 saturated heterocycles. The molecule has 0 aliphatic carbocycles. The largest absolute Gasteiger partial charge is 0.472 e. The minimum absolute atomic E-state index is 0.0367. The molecular weight excluding hydrogens is 312 g/mol. The lowest BCUT2D eigenvalue weighted by atomic mass is 10.3. The normalized spacial score (nSPS) is 15.2. The molecule has 3 heterocycles. The summed E-state index contributed by atoms with van der Waals surface area (Å²) >= 11 is 0. The molecule has 0 aromatic carbocycles. The minimum Gasteiger partial charge on any atom is -0.472 e. The van der Waals surface area contributed by atoms with Gasteiger partial charge in [-0.05, 0) is 19.4 Å². The molecule has 0 N–H and O–H groups in total. The summed E-state index contributed by atoms with van der Waals surface area (Å²) < 4.78 is 10.3. The summed E-state index contributed by atoms with van der Waals surface area (Å²) in [5, 5.41) is 0. The van der Waals surface area contributed by atoms with Crippen molar-refractivity contribution in [3.63, 3.8) is 0 Å². The van der Waals surface area contributed by atoms with Gasteiger partial charge < -0.3 is 18.6 Å². The van der Waals surface area contributed by atoms with Crippen LogP contribution in [0.3, 0.4) is 0 Å². The van der Waals surface area contributed by atoms with Crippen molar-refractivity contribution in [2.45, 2.75) is 13.3 Å². The van der Waals surface area contributed by atoms with E-state index in [4.69, 9.17) is 8.83 Å². The average Bonchev–Trinajstić information content (AvgIpc) is 2.97. The molecule has 2 amide bonds. The Balaban J connectivity index is 1.70. The zero-order chi connectivity index (χ0) is 17.1. The van der Waals surface area contributed by atoms with Gasteiger partial charge in [0.2, 0.25) is 0 Å². The fraction of sp³-hybridized carbons (Fsp3) is 0.353. The molecule has 0 atom stereocenters. The highest BCUT2D eigenvalue weighted by Crippen LogP contribution is 2.12.